The lowest BCUT2D eigenvalue weighted by Crippen LogP contribution is -2.15. The van der Waals surface area contributed by atoms with Crippen LogP contribution in [0.5, 0.6) is 5.75 Å². The molecule has 0 aliphatic heterocycles. The van der Waals surface area contributed by atoms with Crippen molar-refractivity contribution in [3.8, 4) is 28.6 Å². The second-order valence-electron chi connectivity index (χ2n) is 7.46. The second kappa shape index (κ2) is 8.49. The number of hydrogen-bond acceptors (Lipinski definition) is 5. The number of carbonyl (C=O) groups excluding carboxylic acids is 1. The Morgan fingerprint density at radius 1 is 1.14 bits per heavy atom. The Hall–Kier alpha value is -2.48. The van der Waals surface area contributed by atoms with E-state index in [2.05, 4.69) is 38.8 Å². The van der Waals surface area contributed by atoms with E-state index in [0.29, 0.717) is 11.7 Å². The van der Waals surface area contributed by atoms with Crippen molar-refractivity contribution >= 4 is 35.0 Å². The predicted molar refractivity (Wildman–Crippen MR) is 120 cm³/mol. The number of nitrogens with zero attached hydrogens (tertiary/aromatic N) is 2. The van der Waals surface area contributed by atoms with Crippen LogP contribution in [-0.2, 0) is 4.79 Å². The molecule has 1 aliphatic carbocycles. The Kier molecular flexibility index (Phi) is 5.80. The van der Waals surface area contributed by atoms with Crippen LogP contribution >= 0.6 is 22.6 Å². The number of benzene rings is 2. The molecule has 3 aromatic rings. The molecule has 1 aliphatic rings. The van der Waals surface area contributed by atoms with E-state index in [0.717, 1.165) is 45.1 Å². The molecule has 0 saturated heterocycles. The molecule has 148 valence electrons. The number of carbonyl (C=O) groups is 1. The molecule has 4 rings (SSSR count). The van der Waals surface area contributed by atoms with Crippen molar-refractivity contribution in [1.29, 1.82) is 0 Å². The van der Waals surface area contributed by atoms with Crippen LogP contribution in [0.25, 0.3) is 28.9 Å². The fourth-order valence-electron chi connectivity index (χ4n) is 3.23. The van der Waals surface area contributed by atoms with E-state index in [4.69, 9.17) is 9.26 Å². The van der Waals surface area contributed by atoms with E-state index in [1.807, 2.05) is 56.3 Å². The molecule has 1 heterocycles. The van der Waals surface area contributed by atoms with Crippen molar-refractivity contribution in [2.75, 3.05) is 0 Å². The van der Waals surface area contributed by atoms with Gasteiger partial charge in [-0.3, -0.25) is 0 Å². The first-order chi connectivity index (χ1) is 14.0. The number of allylic oxidation sites excluding steroid dienone is 1. The summed E-state index contributed by atoms with van der Waals surface area (Å²) in [5.41, 5.74) is 4.19. The fourth-order valence-corrected chi connectivity index (χ4v) is 3.88. The van der Waals surface area contributed by atoms with E-state index in [1.165, 1.54) is 5.57 Å². The summed E-state index contributed by atoms with van der Waals surface area (Å²) in [7, 11) is 0. The topological polar surface area (TPSA) is 65.2 Å². The van der Waals surface area contributed by atoms with Crippen LogP contribution < -0.4 is 4.74 Å². The Balaban J connectivity index is 1.49. The van der Waals surface area contributed by atoms with Crippen LogP contribution in [0.15, 0.2) is 52.6 Å². The molecule has 0 bridgehead atoms. The summed E-state index contributed by atoms with van der Waals surface area (Å²) in [4.78, 5) is 15.3. The average Bonchev–Trinajstić information content (AvgIpc) is 3.16. The monoisotopic (exact) mass is 500 g/mol. The van der Waals surface area contributed by atoms with Gasteiger partial charge in [-0.2, -0.15) is 4.98 Å². The third-order valence-electron chi connectivity index (χ3n) is 4.75. The van der Waals surface area contributed by atoms with E-state index < -0.39 is 0 Å². The Morgan fingerprint density at radius 2 is 1.86 bits per heavy atom. The third-order valence-corrected chi connectivity index (χ3v) is 5.59. The number of aldehydes is 1. The van der Waals surface area contributed by atoms with Crippen LogP contribution in [-0.4, -0.2) is 22.5 Å². The highest BCUT2D eigenvalue weighted by Gasteiger charge is 2.21. The highest BCUT2D eigenvalue weighted by atomic mass is 127. The van der Waals surface area contributed by atoms with E-state index in [-0.39, 0.29) is 12.0 Å². The van der Waals surface area contributed by atoms with Gasteiger partial charge < -0.3 is 14.1 Å². The normalized spacial score (nSPS) is 15.9. The van der Waals surface area contributed by atoms with Crippen LogP contribution in [0, 0.1) is 9.49 Å². The van der Waals surface area contributed by atoms with Gasteiger partial charge in [-0.15, -0.1) is 0 Å². The van der Waals surface area contributed by atoms with Gasteiger partial charge in [-0.1, -0.05) is 28.9 Å². The first kappa shape index (κ1) is 19.8. The summed E-state index contributed by atoms with van der Waals surface area (Å²) in [6.45, 7) is 4.01. The third kappa shape index (κ3) is 4.58. The van der Waals surface area contributed by atoms with Crippen LogP contribution in [0.1, 0.15) is 32.3 Å². The minimum atomic E-state index is 0.125. The maximum atomic E-state index is 10.7. The molecule has 1 fully saturated rings. The molecule has 0 radical (unpaired) electrons. The molecule has 5 nitrogen and oxygen atoms in total. The molecule has 1 saturated carbocycles. The summed E-state index contributed by atoms with van der Waals surface area (Å²) in [5, 5.41) is 4.13. The van der Waals surface area contributed by atoms with Crippen molar-refractivity contribution in [2.45, 2.75) is 32.8 Å². The molecule has 2 aromatic carbocycles. The average molecular weight is 500 g/mol. The number of rotatable bonds is 6. The zero-order valence-electron chi connectivity index (χ0n) is 16.3. The highest BCUT2D eigenvalue weighted by Crippen LogP contribution is 2.33. The first-order valence-electron chi connectivity index (χ1n) is 9.57. The van der Waals surface area contributed by atoms with E-state index >= 15 is 0 Å². The molecule has 6 heteroatoms. The van der Waals surface area contributed by atoms with Crippen LogP contribution in [0.3, 0.4) is 0 Å². The van der Waals surface area contributed by atoms with Crippen LogP contribution in [0.4, 0.5) is 0 Å². The first-order valence-corrected chi connectivity index (χ1v) is 10.6. The van der Waals surface area contributed by atoms with Gasteiger partial charge in [-0.25, -0.2) is 0 Å². The molecule has 0 spiro atoms. The quantitative estimate of drug-likeness (QED) is 0.317. The predicted octanol–water partition coefficient (Wildman–Crippen LogP) is 5.79. The molecule has 0 amide bonds. The molecule has 0 N–H and O–H groups in total. The summed E-state index contributed by atoms with van der Waals surface area (Å²) in [5.74, 6) is 2.09. The van der Waals surface area contributed by atoms with Crippen LogP contribution in [0.2, 0.25) is 0 Å². The second-order valence-corrected chi connectivity index (χ2v) is 8.63. The molecular formula is C23H21IN2O3. The largest absolute Gasteiger partial charge is 0.490 e. The zero-order chi connectivity index (χ0) is 20.4. The van der Waals surface area contributed by atoms with Crippen molar-refractivity contribution in [3.05, 3.63) is 57.2 Å². The highest BCUT2D eigenvalue weighted by molar-refractivity contribution is 14.1. The van der Waals surface area contributed by atoms with Gasteiger partial charge in [0, 0.05) is 17.0 Å². The Morgan fingerprint density at radius 3 is 2.52 bits per heavy atom. The maximum absolute atomic E-state index is 10.7. The lowest BCUT2D eigenvalue weighted by atomic mass is 9.80. The SMILES string of the molecule is CC(C)Oc1ccc(-c2noc(-c3ccc(C=C4CC(C=O)C4)cc3)n2)cc1I. The number of halogens is 1. The lowest BCUT2D eigenvalue weighted by Gasteiger charge is -2.24. The minimum Gasteiger partial charge on any atom is -0.490 e. The van der Waals surface area contributed by atoms with Gasteiger partial charge in [0.1, 0.15) is 12.0 Å². The van der Waals surface area contributed by atoms with Crippen molar-refractivity contribution in [3.63, 3.8) is 0 Å². The van der Waals surface area contributed by atoms with Crippen molar-refractivity contribution in [1.82, 2.24) is 10.1 Å². The number of aromatic nitrogens is 2. The summed E-state index contributed by atoms with van der Waals surface area (Å²) >= 11 is 2.25. The molecule has 0 unspecified atom stereocenters. The van der Waals surface area contributed by atoms with E-state index in [1.54, 1.807) is 0 Å². The molecule has 0 atom stereocenters. The molecule has 29 heavy (non-hydrogen) atoms. The Bertz CT molecular complexity index is 1050. The number of hydrogen-bond donors (Lipinski definition) is 0. The van der Waals surface area contributed by atoms with Gasteiger partial charge >= 0.3 is 0 Å². The summed E-state index contributed by atoms with van der Waals surface area (Å²) in [6, 6.07) is 13.9. The minimum absolute atomic E-state index is 0.125. The standard InChI is InChI=1S/C23H21IN2O3/c1-14(2)28-21-8-7-19(12-20(21)24)22-25-23(29-26-22)18-5-3-15(4-6-18)9-16-10-17(11-16)13-27/h3-9,12-14,17H,10-11H2,1-2H3. The fraction of sp³-hybridized carbons (Fsp3) is 0.261. The van der Waals surface area contributed by atoms with Gasteiger partial charge in [0.2, 0.25) is 5.82 Å². The smallest absolute Gasteiger partial charge is 0.258 e. The van der Waals surface area contributed by atoms with Gasteiger partial charge in [0.05, 0.1) is 9.67 Å². The molecular weight excluding hydrogens is 479 g/mol. The van der Waals surface area contributed by atoms with E-state index in [9.17, 15) is 4.79 Å². The molecule has 1 aromatic heterocycles. The van der Waals surface area contributed by atoms with Gasteiger partial charge in [0.15, 0.2) is 0 Å². The lowest BCUT2D eigenvalue weighted by molar-refractivity contribution is -0.112. The van der Waals surface area contributed by atoms with Crippen molar-refractivity contribution in [2.24, 2.45) is 5.92 Å². The number of ether oxygens (including phenoxy) is 1. The van der Waals surface area contributed by atoms with Crippen molar-refractivity contribution < 1.29 is 14.1 Å². The summed E-state index contributed by atoms with van der Waals surface area (Å²) in [6.07, 6.45) is 5.06. The Labute approximate surface area is 183 Å². The summed E-state index contributed by atoms with van der Waals surface area (Å²) < 4.78 is 12.3. The maximum Gasteiger partial charge on any atom is 0.258 e. The van der Waals surface area contributed by atoms with Gasteiger partial charge in [0.25, 0.3) is 5.89 Å². The zero-order valence-corrected chi connectivity index (χ0v) is 18.4. The van der Waals surface area contributed by atoms with Gasteiger partial charge in [-0.05, 0) is 85.2 Å².